The second-order valence-electron chi connectivity index (χ2n) is 3.49. The third-order valence-electron chi connectivity index (χ3n) is 2.56. The average molecular weight is 194 g/mol. The minimum absolute atomic E-state index is 0.0463. The Morgan fingerprint density at radius 3 is 1.29 bits per heavy atom. The Labute approximate surface area is 80.5 Å². The van der Waals surface area contributed by atoms with Crippen molar-refractivity contribution in [1.29, 1.82) is 0 Å². The molecule has 0 saturated carbocycles. The summed E-state index contributed by atoms with van der Waals surface area (Å²) < 4.78 is 0. The molecule has 0 bridgehead atoms. The van der Waals surface area contributed by atoms with E-state index in [1.807, 2.05) is 0 Å². The average Bonchev–Trinajstić information content (AvgIpc) is 2.60. The summed E-state index contributed by atoms with van der Waals surface area (Å²) in [4.78, 5) is 22.7. The van der Waals surface area contributed by atoms with Crippen LogP contribution in [0.4, 0.5) is 0 Å². The first-order chi connectivity index (χ1) is 6.61. The number of hydrogen-bond acceptors (Lipinski definition) is 4. The van der Waals surface area contributed by atoms with Gasteiger partial charge in [-0.3, -0.25) is 9.59 Å². The van der Waals surface area contributed by atoms with Gasteiger partial charge in [-0.25, -0.2) is 0 Å². The number of aliphatic hydroxyl groups excluding tert-OH is 2. The summed E-state index contributed by atoms with van der Waals surface area (Å²) in [6.45, 7) is 0. The van der Waals surface area contributed by atoms with Crippen LogP contribution in [0.25, 0.3) is 0 Å². The van der Waals surface area contributed by atoms with E-state index in [-0.39, 0.29) is 59.9 Å². The predicted octanol–water partition coefficient (Wildman–Crippen LogP) is 1.34. The Kier molecular flexibility index (Phi) is 1.91. The first-order valence-electron chi connectivity index (χ1n) is 4.52. The number of Topliss-reactive ketones (excluding diaryl/α,β-unsaturated/α-hetero) is 2. The van der Waals surface area contributed by atoms with Gasteiger partial charge in [0.25, 0.3) is 0 Å². The molecule has 0 unspecified atom stereocenters. The van der Waals surface area contributed by atoms with E-state index < -0.39 is 0 Å². The van der Waals surface area contributed by atoms with Crippen LogP contribution in [0.5, 0.6) is 0 Å². The number of hydrogen-bond donors (Lipinski definition) is 2. The lowest BCUT2D eigenvalue weighted by atomic mass is 10.0. The Morgan fingerprint density at radius 2 is 1.07 bits per heavy atom. The number of allylic oxidation sites excluding steroid dienone is 4. The highest BCUT2D eigenvalue weighted by Gasteiger charge is 2.34. The maximum Gasteiger partial charge on any atom is 0.167 e. The summed E-state index contributed by atoms with van der Waals surface area (Å²) in [5.74, 6) is -0.628. The first kappa shape index (κ1) is 8.99. The highest BCUT2D eigenvalue weighted by Crippen LogP contribution is 2.33. The van der Waals surface area contributed by atoms with Crippen molar-refractivity contribution in [3.8, 4) is 0 Å². The molecule has 0 fully saturated rings. The fourth-order valence-electron chi connectivity index (χ4n) is 1.85. The van der Waals surface area contributed by atoms with Crippen LogP contribution in [0.1, 0.15) is 25.7 Å². The minimum Gasteiger partial charge on any atom is -0.512 e. The van der Waals surface area contributed by atoms with E-state index in [1.54, 1.807) is 0 Å². The molecule has 2 N–H and O–H groups in total. The fraction of sp³-hybridized carbons (Fsp3) is 0.400. The summed E-state index contributed by atoms with van der Waals surface area (Å²) >= 11 is 0. The van der Waals surface area contributed by atoms with Crippen molar-refractivity contribution in [3.05, 3.63) is 22.7 Å². The highest BCUT2D eigenvalue weighted by molar-refractivity contribution is 6.15. The zero-order valence-electron chi connectivity index (χ0n) is 7.54. The van der Waals surface area contributed by atoms with Crippen molar-refractivity contribution >= 4 is 11.6 Å². The van der Waals surface area contributed by atoms with Crippen LogP contribution >= 0.6 is 0 Å². The smallest absolute Gasteiger partial charge is 0.167 e. The van der Waals surface area contributed by atoms with Gasteiger partial charge in [-0.1, -0.05) is 0 Å². The zero-order valence-corrected chi connectivity index (χ0v) is 7.54. The molecule has 0 spiro atoms. The SMILES string of the molecule is O=C1CCC(O)=C1C1=C(O)CCC1=O. The van der Waals surface area contributed by atoms with Crippen molar-refractivity contribution in [1.82, 2.24) is 0 Å². The Morgan fingerprint density at radius 1 is 0.714 bits per heavy atom. The Hall–Kier alpha value is -1.58. The molecule has 0 aromatic heterocycles. The van der Waals surface area contributed by atoms with Gasteiger partial charge in [0.2, 0.25) is 0 Å². The van der Waals surface area contributed by atoms with Gasteiger partial charge in [0.1, 0.15) is 11.5 Å². The topological polar surface area (TPSA) is 74.6 Å². The predicted molar refractivity (Wildman–Crippen MR) is 47.8 cm³/mol. The highest BCUT2D eigenvalue weighted by atomic mass is 16.3. The molecule has 0 atom stereocenters. The van der Waals surface area contributed by atoms with Crippen LogP contribution in [0.3, 0.4) is 0 Å². The lowest BCUT2D eigenvalue weighted by Crippen LogP contribution is -2.07. The van der Waals surface area contributed by atoms with Crippen LogP contribution < -0.4 is 0 Å². The quantitative estimate of drug-likeness (QED) is 0.660. The van der Waals surface area contributed by atoms with Crippen molar-refractivity contribution in [2.24, 2.45) is 0 Å². The third kappa shape index (κ3) is 1.14. The Balaban J connectivity index is 2.49. The number of rotatable bonds is 1. The summed E-state index contributed by atoms with van der Waals surface area (Å²) in [5.41, 5.74) is 0.0926. The molecular formula is C10H10O4. The standard InChI is InChI=1S/C10H10O4/c11-5-1-2-6(12)9(5)10-7(13)3-4-8(10)14/h11,13H,1-4H2. The van der Waals surface area contributed by atoms with E-state index in [0.717, 1.165) is 0 Å². The number of carbonyl (C=O) groups is 2. The van der Waals surface area contributed by atoms with Crippen molar-refractivity contribution in [3.63, 3.8) is 0 Å². The van der Waals surface area contributed by atoms with E-state index in [4.69, 9.17) is 0 Å². The van der Waals surface area contributed by atoms with Crippen LogP contribution in [0.2, 0.25) is 0 Å². The molecule has 4 nitrogen and oxygen atoms in total. The number of ketones is 2. The molecular weight excluding hydrogens is 184 g/mol. The summed E-state index contributed by atoms with van der Waals surface area (Å²) in [6, 6.07) is 0. The van der Waals surface area contributed by atoms with Gasteiger partial charge in [-0.05, 0) is 0 Å². The normalized spacial score (nSPS) is 22.9. The molecule has 0 amide bonds. The third-order valence-corrected chi connectivity index (χ3v) is 2.56. The van der Waals surface area contributed by atoms with Gasteiger partial charge < -0.3 is 10.2 Å². The molecule has 0 aromatic rings. The van der Waals surface area contributed by atoms with Gasteiger partial charge in [-0.15, -0.1) is 0 Å². The largest absolute Gasteiger partial charge is 0.512 e. The van der Waals surface area contributed by atoms with Gasteiger partial charge in [0.15, 0.2) is 11.6 Å². The van der Waals surface area contributed by atoms with Gasteiger partial charge in [-0.2, -0.15) is 0 Å². The molecule has 14 heavy (non-hydrogen) atoms. The second-order valence-corrected chi connectivity index (χ2v) is 3.49. The molecule has 2 rings (SSSR count). The lowest BCUT2D eigenvalue weighted by molar-refractivity contribution is -0.117. The molecule has 0 radical (unpaired) electrons. The molecule has 2 aliphatic carbocycles. The summed E-state index contributed by atoms with van der Waals surface area (Å²) in [7, 11) is 0. The van der Waals surface area contributed by atoms with E-state index in [1.165, 1.54) is 0 Å². The van der Waals surface area contributed by atoms with Crippen molar-refractivity contribution < 1.29 is 19.8 Å². The van der Waals surface area contributed by atoms with E-state index in [0.29, 0.717) is 0 Å². The van der Waals surface area contributed by atoms with Gasteiger partial charge >= 0.3 is 0 Å². The van der Waals surface area contributed by atoms with Crippen molar-refractivity contribution in [2.75, 3.05) is 0 Å². The molecule has 0 saturated heterocycles. The van der Waals surface area contributed by atoms with Crippen LogP contribution in [-0.4, -0.2) is 21.8 Å². The number of carbonyl (C=O) groups excluding carboxylic acids is 2. The molecule has 0 aliphatic heterocycles. The first-order valence-corrected chi connectivity index (χ1v) is 4.52. The molecule has 0 aromatic carbocycles. The van der Waals surface area contributed by atoms with E-state index >= 15 is 0 Å². The van der Waals surface area contributed by atoms with Crippen LogP contribution in [-0.2, 0) is 9.59 Å². The van der Waals surface area contributed by atoms with Gasteiger partial charge in [0, 0.05) is 25.7 Å². The fourth-order valence-corrected chi connectivity index (χ4v) is 1.85. The number of aliphatic hydroxyl groups is 2. The van der Waals surface area contributed by atoms with E-state index in [2.05, 4.69) is 0 Å². The van der Waals surface area contributed by atoms with Crippen LogP contribution in [0, 0.1) is 0 Å². The summed E-state index contributed by atoms with van der Waals surface area (Å²) in [5, 5.41) is 18.8. The lowest BCUT2D eigenvalue weighted by Gasteiger charge is -2.01. The molecule has 2 aliphatic rings. The molecule has 0 heterocycles. The minimum atomic E-state index is -0.251. The maximum atomic E-state index is 11.3. The molecule has 4 heteroatoms. The maximum absolute atomic E-state index is 11.3. The zero-order chi connectivity index (χ0) is 10.3. The summed E-state index contributed by atoms with van der Waals surface area (Å²) in [6.07, 6.45) is 1.01. The molecule has 74 valence electrons. The monoisotopic (exact) mass is 194 g/mol. The second kappa shape index (κ2) is 2.97. The van der Waals surface area contributed by atoms with Crippen LogP contribution in [0.15, 0.2) is 22.7 Å². The van der Waals surface area contributed by atoms with Crippen molar-refractivity contribution in [2.45, 2.75) is 25.7 Å². The van der Waals surface area contributed by atoms with E-state index in [9.17, 15) is 19.8 Å². The van der Waals surface area contributed by atoms with Gasteiger partial charge in [0.05, 0.1) is 11.1 Å². The Bertz CT molecular complexity index is 349.